The Hall–Kier alpha value is -1.12. The van der Waals surface area contributed by atoms with Crippen molar-refractivity contribution in [3.05, 3.63) is 0 Å². The van der Waals surface area contributed by atoms with Crippen LogP contribution in [-0.4, -0.2) is 50.2 Å². The van der Waals surface area contributed by atoms with Gasteiger partial charge in [0.15, 0.2) is 0 Å². The first kappa shape index (κ1) is 14.9. The summed E-state index contributed by atoms with van der Waals surface area (Å²) in [7, 11) is 1.61. The highest BCUT2D eigenvalue weighted by Gasteiger charge is 2.33. The highest BCUT2D eigenvalue weighted by atomic mass is 16.5. The molecule has 5 heteroatoms. The Bertz CT molecular complexity index is 317. The molecule has 1 N–H and O–H groups in total. The van der Waals surface area contributed by atoms with Crippen molar-refractivity contribution >= 4 is 5.91 Å². The summed E-state index contributed by atoms with van der Waals surface area (Å²) in [4.78, 5) is 14.0. The summed E-state index contributed by atoms with van der Waals surface area (Å²) in [5, 5.41) is 11.9. The third-order valence-corrected chi connectivity index (χ3v) is 3.70. The van der Waals surface area contributed by atoms with Crippen LogP contribution in [0.15, 0.2) is 0 Å². The van der Waals surface area contributed by atoms with E-state index in [1.54, 1.807) is 7.11 Å². The summed E-state index contributed by atoms with van der Waals surface area (Å²) in [6.07, 6.45) is 1.67. The van der Waals surface area contributed by atoms with Crippen LogP contribution in [-0.2, 0) is 9.53 Å². The maximum Gasteiger partial charge on any atom is 0.237 e. The highest BCUT2D eigenvalue weighted by Crippen LogP contribution is 2.30. The van der Waals surface area contributed by atoms with Crippen molar-refractivity contribution in [3.63, 3.8) is 0 Å². The molecule has 1 amide bonds. The number of nitrogens with zero attached hydrogens (tertiary/aromatic N) is 2. The standard InChI is InChI=1S/C13H23N3O2/c1-11(12(17)15-6-9-18-3)16-7-4-13(2,10-14)5-8-16/h11H,4-9H2,1-3H3,(H,15,17). The molecule has 0 radical (unpaired) electrons. The van der Waals surface area contributed by atoms with E-state index in [1.807, 2.05) is 13.8 Å². The van der Waals surface area contributed by atoms with Crippen LogP contribution < -0.4 is 5.32 Å². The number of nitrogens with one attached hydrogen (secondary N) is 1. The van der Waals surface area contributed by atoms with E-state index >= 15 is 0 Å². The molecule has 18 heavy (non-hydrogen) atoms. The van der Waals surface area contributed by atoms with Gasteiger partial charge in [-0.3, -0.25) is 9.69 Å². The number of methoxy groups -OCH3 is 1. The average molecular weight is 253 g/mol. The van der Waals surface area contributed by atoms with Gasteiger partial charge in [-0.05, 0) is 26.7 Å². The van der Waals surface area contributed by atoms with Crippen molar-refractivity contribution in [2.24, 2.45) is 5.41 Å². The Balaban J connectivity index is 2.38. The fourth-order valence-corrected chi connectivity index (χ4v) is 2.11. The van der Waals surface area contributed by atoms with Crippen LogP contribution in [0, 0.1) is 16.7 Å². The number of hydrogen-bond donors (Lipinski definition) is 1. The number of hydrogen-bond acceptors (Lipinski definition) is 4. The summed E-state index contributed by atoms with van der Waals surface area (Å²) >= 11 is 0. The lowest BCUT2D eigenvalue weighted by Gasteiger charge is -2.37. The van der Waals surface area contributed by atoms with Crippen LogP contribution in [0.25, 0.3) is 0 Å². The second-order valence-electron chi connectivity index (χ2n) is 5.17. The molecule has 1 aliphatic heterocycles. The molecule has 0 aromatic carbocycles. The monoisotopic (exact) mass is 253 g/mol. The van der Waals surface area contributed by atoms with E-state index in [1.165, 1.54) is 0 Å². The molecule has 1 fully saturated rings. The normalized spacial score (nSPS) is 21.0. The molecule has 1 aliphatic rings. The zero-order valence-electron chi connectivity index (χ0n) is 11.5. The second-order valence-corrected chi connectivity index (χ2v) is 5.17. The summed E-state index contributed by atoms with van der Waals surface area (Å²) in [5.74, 6) is 0.0348. The molecule has 0 saturated carbocycles. The van der Waals surface area contributed by atoms with E-state index in [0.717, 1.165) is 25.9 Å². The molecule has 0 bridgehead atoms. The minimum Gasteiger partial charge on any atom is -0.383 e. The minimum absolute atomic E-state index is 0.0348. The van der Waals surface area contributed by atoms with Crippen LogP contribution in [0.5, 0.6) is 0 Å². The van der Waals surface area contributed by atoms with E-state index in [0.29, 0.717) is 13.2 Å². The number of rotatable bonds is 5. The molecule has 1 heterocycles. The maximum absolute atomic E-state index is 11.9. The van der Waals surface area contributed by atoms with Crippen molar-refractivity contribution in [2.75, 3.05) is 33.4 Å². The van der Waals surface area contributed by atoms with Gasteiger partial charge in [-0.15, -0.1) is 0 Å². The van der Waals surface area contributed by atoms with Crippen molar-refractivity contribution in [3.8, 4) is 6.07 Å². The minimum atomic E-state index is -0.219. The molecular formula is C13H23N3O2. The van der Waals surface area contributed by atoms with E-state index in [-0.39, 0.29) is 17.4 Å². The number of carbonyl (C=O) groups is 1. The molecule has 5 nitrogen and oxygen atoms in total. The largest absolute Gasteiger partial charge is 0.383 e. The van der Waals surface area contributed by atoms with E-state index in [2.05, 4.69) is 16.3 Å². The maximum atomic E-state index is 11.9. The highest BCUT2D eigenvalue weighted by molar-refractivity contribution is 5.81. The van der Waals surface area contributed by atoms with Crippen molar-refractivity contribution in [1.29, 1.82) is 5.26 Å². The average Bonchev–Trinajstić information content (AvgIpc) is 2.39. The molecule has 0 aliphatic carbocycles. The summed E-state index contributed by atoms with van der Waals surface area (Å²) < 4.78 is 4.89. The van der Waals surface area contributed by atoms with Gasteiger partial charge in [0, 0.05) is 26.7 Å². The lowest BCUT2D eigenvalue weighted by molar-refractivity contribution is -0.126. The lowest BCUT2D eigenvalue weighted by atomic mass is 9.81. The van der Waals surface area contributed by atoms with E-state index in [4.69, 9.17) is 10.00 Å². The lowest BCUT2D eigenvalue weighted by Crippen LogP contribution is -2.50. The van der Waals surface area contributed by atoms with Crippen LogP contribution in [0.3, 0.4) is 0 Å². The SMILES string of the molecule is COCCNC(=O)C(C)N1CCC(C)(C#N)CC1. The molecule has 1 atom stereocenters. The van der Waals surface area contributed by atoms with Crippen LogP contribution in [0.1, 0.15) is 26.7 Å². The topological polar surface area (TPSA) is 65.4 Å². The molecule has 1 rings (SSSR count). The predicted molar refractivity (Wildman–Crippen MR) is 68.9 cm³/mol. The Morgan fingerprint density at radius 2 is 2.17 bits per heavy atom. The first-order valence-corrected chi connectivity index (χ1v) is 6.44. The van der Waals surface area contributed by atoms with Gasteiger partial charge in [-0.2, -0.15) is 5.26 Å². The third kappa shape index (κ3) is 3.97. The van der Waals surface area contributed by atoms with Crippen molar-refractivity contribution in [1.82, 2.24) is 10.2 Å². The Morgan fingerprint density at radius 1 is 1.56 bits per heavy atom. The Labute approximate surface area is 109 Å². The second kappa shape index (κ2) is 6.72. The first-order valence-electron chi connectivity index (χ1n) is 6.44. The molecule has 102 valence electrons. The summed E-state index contributed by atoms with van der Waals surface area (Å²) in [6, 6.07) is 2.23. The van der Waals surface area contributed by atoms with Gasteiger partial charge in [-0.1, -0.05) is 0 Å². The molecule has 1 unspecified atom stereocenters. The van der Waals surface area contributed by atoms with Gasteiger partial charge in [-0.25, -0.2) is 0 Å². The molecule has 0 spiro atoms. The first-order chi connectivity index (χ1) is 8.52. The van der Waals surface area contributed by atoms with Crippen molar-refractivity contribution < 1.29 is 9.53 Å². The predicted octanol–water partition coefficient (Wildman–Crippen LogP) is 0.763. The van der Waals surface area contributed by atoms with Gasteiger partial charge in [0.1, 0.15) is 0 Å². The van der Waals surface area contributed by atoms with Crippen LogP contribution in [0.4, 0.5) is 0 Å². The molecule has 0 aromatic rings. The third-order valence-electron chi connectivity index (χ3n) is 3.70. The zero-order valence-corrected chi connectivity index (χ0v) is 11.5. The van der Waals surface area contributed by atoms with Gasteiger partial charge < -0.3 is 10.1 Å². The van der Waals surface area contributed by atoms with Crippen LogP contribution >= 0.6 is 0 Å². The fourth-order valence-electron chi connectivity index (χ4n) is 2.11. The summed E-state index contributed by atoms with van der Waals surface area (Å²) in [6.45, 7) is 6.60. The quantitative estimate of drug-likeness (QED) is 0.735. The number of piperidine rings is 1. The van der Waals surface area contributed by atoms with Crippen LogP contribution in [0.2, 0.25) is 0 Å². The Morgan fingerprint density at radius 3 is 2.67 bits per heavy atom. The van der Waals surface area contributed by atoms with E-state index in [9.17, 15) is 4.79 Å². The Kier molecular flexibility index (Phi) is 5.57. The van der Waals surface area contributed by atoms with Gasteiger partial charge in [0.2, 0.25) is 5.91 Å². The molecule has 0 aromatic heterocycles. The number of nitriles is 1. The number of carbonyl (C=O) groups excluding carboxylic acids is 1. The number of ether oxygens (including phenoxy) is 1. The number of likely N-dealkylation sites (tertiary alicyclic amines) is 1. The molecule has 1 saturated heterocycles. The van der Waals surface area contributed by atoms with Gasteiger partial charge >= 0.3 is 0 Å². The summed E-state index contributed by atoms with van der Waals surface area (Å²) in [5.41, 5.74) is -0.219. The smallest absolute Gasteiger partial charge is 0.237 e. The number of amides is 1. The zero-order chi connectivity index (χ0) is 13.6. The van der Waals surface area contributed by atoms with Crippen molar-refractivity contribution in [2.45, 2.75) is 32.7 Å². The van der Waals surface area contributed by atoms with E-state index < -0.39 is 0 Å². The van der Waals surface area contributed by atoms with Gasteiger partial charge in [0.05, 0.1) is 24.1 Å². The molecular weight excluding hydrogens is 230 g/mol. The van der Waals surface area contributed by atoms with Gasteiger partial charge in [0.25, 0.3) is 0 Å². The fraction of sp³-hybridized carbons (Fsp3) is 0.846.